The lowest BCUT2D eigenvalue weighted by Gasteiger charge is -2.53. The number of rotatable bonds is 0. The highest BCUT2D eigenvalue weighted by Gasteiger charge is 2.59. The lowest BCUT2D eigenvalue weighted by Crippen LogP contribution is -2.48. The molecule has 4 fully saturated rings. The van der Waals surface area contributed by atoms with Gasteiger partial charge in [0, 0.05) is 5.41 Å². The van der Waals surface area contributed by atoms with Crippen LogP contribution in [0.3, 0.4) is 0 Å². The van der Waals surface area contributed by atoms with Crippen molar-refractivity contribution < 1.29 is 0 Å². The van der Waals surface area contributed by atoms with Gasteiger partial charge in [-0.1, -0.05) is 54.4 Å². The third kappa shape index (κ3) is 1.51. The van der Waals surface area contributed by atoms with Crippen LogP contribution in [-0.4, -0.2) is 0 Å². The fourth-order valence-electron chi connectivity index (χ4n) is 7.41. The summed E-state index contributed by atoms with van der Waals surface area (Å²) in [6, 6.07) is 16.7. The molecular weight excluding hydrogens is 288 g/mol. The highest BCUT2D eigenvalue weighted by atomic mass is 14.6. The molecule has 4 bridgehead atoms. The van der Waals surface area contributed by atoms with E-state index in [0.717, 1.165) is 23.7 Å². The Hall–Kier alpha value is -1.56. The third-order valence-corrected chi connectivity index (χ3v) is 8.02. The maximum Gasteiger partial charge on any atom is 0.0271 e. The second-order valence-electron chi connectivity index (χ2n) is 9.11. The summed E-state index contributed by atoms with van der Waals surface area (Å²) in [4.78, 5) is 0. The Balaban J connectivity index is 1.69. The molecule has 0 amide bonds. The molecule has 0 aliphatic heterocycles. The van der Waals surface area contributed by atoms with Gasteiger partial charge in [-0.3, -0.25) is 0 Å². The van der Waals surface area contributed by atoms with Gasteiger partial charge in [0.25, 0.3) is 0 Å². The standard InChI is InChI=1S/C24H26/c1-15-6-9-21-20-4-2-3-5-22(20)24(23(21)10-15)18-8-7-16-11-17(13-18)14-19(24)12-16/h2-6,9-10,16-19H,7-8,11-14H2,1H3. The lowest BCUT2D eigenvalue weighted by molar-refractivity contribution is 0.0617. The first kappa shape index (κ1) is 13.7. The summed E-state index contributed by atoms with van der Waals surface area (Å²) in [5.74, 6) is 3.79. The van der Waals surface area contributed by atoms with Crippen molar-refractivity contribution in [2.24, 2.45) is 23.7 Å². The minimum Gasteiger partial charge on any atom is -0.0619 e. The molecule has 122 valence electrons. The first-order chi connectivity index (χ1) is 11.8. The van der Waals surface area contributed by atoms with Crippen LogP contribution in [-0.2, 0) is 5.41 Å². The van der Waals surface area contributed by atoms with Gasteiger partial charge < -0.3 is 0 Å². The van der Waals surface area contributed by atoms with Crippen molar-refractivity contribution in [2.75, 3.05) is 0 Å². The molecule has 5 aliphatic carbocycles. The number of benzene rings is 2. The average Bonchev–Trinajstić information content (AvgIpc) is 2.71. The third-order valence-electron chi connectivity index (χ3n) is 8.02. The molecule has 0 heteroatoms. The quantitative estimate of drug-likeness (QED) is 0.550. The Labute approximate surface area is 145 Å². The zero-order valence-corrected chi connectivity index (χ0v) is 14.6. The van der Waals surface area contributed by atoms with Gasteiger partial charge >= 0.3 is 0 Å². The number of hydrogen-bond acceptors (Lipinski definition) is 0. The van der Waals surface area contributed by atoms with E-state index in [2.05, 4.69) is 49.4 Å². The minimum absolute atomic E-state index is 0.337. The highest BCUT2D eigenvalue weighted by Crippen LogP contribution is 2.67. The monoisotopic (exact) mass is 314 g/mol. The summed E-state index contributed by atoms with van der Waals surface area (Å²) in [5, 5.41) is 0. The summed E-state index contributed by atoms with van der Waals surface area (Å²) in [6.45, 7) is 2.28. The predicted molar refractivity (Wildman–Crippen MR) is 99.1 cm³/mol. The molecule has 0 saturated heterocycles. The molecule has 24 heavy (non-hydrogen) atoms. The molecule has 5 aliphatic rings. The van der Waals surface area contributed by atoms with Crippen molar-refractivity contribution in [2.45, 2.75) is 50.9 Å². The molecule has 7 rings (SSSR count). The molecule has 4 saturated carbocycles. The van der Waals surface area contributed by atoms with Crippen LogP contribution in [0.1, 0.15) is 55.2 Å². The van der Waals surface area contributed by atoms with Crippen LogP contribution in [0.2, 0.25) is 0 Å². The fraction of sp³-hybridized carbons (Fsp3) is 0.500. The summed E-state index contributed by atoms with van der Waals surface area (Å²) in [6.07, 6.45) is 8.92. The number of fused-ring (bicyclic) bond motifs is 4. The zero-order valence-electron chi connectivity index (χ0n) is 14.6. The van der Waals surface area contributed by atoms with Gasteiger partial charge in [0.15, 0.2) is 0 Å². The number of aryl methyl sites for hydroxylation is 1. The molecular formula is C24H26. The molecule has 0 N–H and O–H groups in total. The summed E-state index contributed by atoms with van der Waals surface area (Å²) >= 11 is 0. The predicted octanol–water partition coefficient (Wildman–Crippen LogP) is 6.11. The minimum atomic E-state index is 0.337. The molecule has 0 nitrogen and oxygen atoms in total. The largest absolute Gasteiger partial charge is 0.0619 e. The molecule has 2 aromatic carbocycles. The molecule has 0 heterocycles. The van der Waals surface area contributed by atoms with Crippen LogP contribution in [0.25, 0.3) is 11.1 Å². The molecule has 0 radical (unpaired) electrons. The van der Waals surface area contributed by atoms with Crippen molar-refractivity contribution in [3.63, 3.8) is 0 Å². The fourth-order valence-corrected chi connectivity index (χ4v) is 7.41. The maximum absolute atomic E-state index is 2.55. The molecule has 5 unspecified atom stereocenters. The van der Waals surface area contributed by atoms with Crippen LogP contribution >= 0.6 is 0 Å². The highest BCUT2D eigenvalue weighted by molar-refractivity contribution is 5.82. The van der Waals surface area contributed by atoms with Crippen molar-refractivity contribution in [1.82, 2.24) is 0 Å². The average molecular weight is 314 g/mol. The van der Waals surface area contributed by atoms with E-state index >= 15 is 0 Å². The summed E-state index contributed by atoms with van der Waals surface area (Å²) < 4.78 is 0. The second-order valence-corrected chi connectivity index (χ2v) is 9.11. The molecule has 2 aromatic rings. The Morgan fingerprint density at radius 1 is 0.750 bits per heavy atom. The van der Waals surface area contributed by atoms with Crippen LogP contribution in [0.5, 0.6) is 0 Å². The van der Waals surface area contributed by atoms with Crippen molar-refractivity contribution in [1.29, 1.82) is 0 Å². The van der Waals surface area contributed by atoms with Crippen molar-refractivity contribution >= 4 is 0 Å². The van der Waals surface area contributed by atoms with Gasteiger partial charge in [-0.25, -0.2) is 0 Å². The van der Waals surface area contributed by atoms with Crippen molar-refractivity contribution in [3.05, 3.63) is 59.2 Å². The smallest absolute Gasteiger partial charge is 0.0271 e. The van der Waals surface area contributed by atoms with E-state index in [1.165, 1.54) is 44.1 Å². The van der Waals surface area contributed by atoms with E-state index in [0.29, 0.717) is 5.41 Å². The van der Waals surface area contributed by atoms with Crippen LogP contribution in [0.4, 0.5) is 0 Å². The van der Waals surface area contributed by atoms with Gasteiger partial charge in [0.2, 0.25) is 0 Å². The topological polar surface area (TPSA) is 0 Å². The number of hydrogen-bond donors (Lipinski definition) is 0. The van der Waals surface area contributed by atoms with Gasteiger partial charge in [0.1, 0.15) is 0 Å². The van der Waals surface area contributed by atoms with Gasteiger partial charge in [0.05, 0.1) is 0 Å². The van der Waals surface area contributed by atoms with E-state index in [-0.39, 0.29) is 0 Å². The van der Waals surface area contributed by atoms with Crippen LogP contribution in [0, 0.1) is 30.6 Å². The van der Waals surface area contributed by atoms with E-state index < -0.39 is 0 Å². The molecule has 5 atom stereocenters. The zero-order chi connectivity index (χ0) is 15.9. The Kier molecular flexibility index (Phi) is 2.59. The summed E-state index contributed by atoms with van der Waals surface area (Å²) in [7, 11) is 0. The Morgan fingerprint density at radius 2 is 1.54 bits per heavy atom. The Morgan fingerprint density at radius 3 is 2.50 bits per heavy atom. The van der Waals surface area contributed by atoms with E-state index in [1.54, 1.807) is 22.3 Å². The summed E-state index contributed by atoms with van der Waals surface area (Å²) in [5.41, 5.74) is 8.24. The van der Waals surface area contributed by atoms with E-state index in [9.17, 15) is 0 Å². The normalized spacial score (nSPS) is 38.2. The second kappa shape index (κ2) is 4.54. The van der Waals surface area contributed by atoms with Gasteiger partial charge in [-0.2, -0.15) is 0 Å². The first-order valence-electron chi connectivity index (χ1n) is 9.98. The van der Waals surface area contributed by atoms with Crippen molar-refractivity contribution in [3.8, 4) is 11.1 Å². The molecule has 1 spiro atoms. The lowest BCUT2D eigenvalue weighted by atomic mass is 9.51. The molecule has 0 aromatic heterocycles. The van der Waals surface area contributed by atoms with Crippen LogP contribution in [0.15, 0.2) is 42.5 Å². The van der Waals surface area contributed by atoms with Gasteiger partial charge in [-0.15, -0.1) is 0 Å². The Bertz CT molecular complexity index is 822. The van der Waals surface area contributed by atoms with Crippen LogP contribution < -0.4 is 0 Å². The van der Waals surface area contributed by atoms with E-state index in [4.69, 9.17) is 0 Å². The van der Waals surface area contributed by atoms with Gasteiger partial charge in [-0.05, 0) is 85.0 Å². The first-order valence-corrected chi connectivity index (χ1v) is 9.98. The maximum atomic E-state index is 2.55. The SMILES string of the molecule is Cc1ccc2c(c1)C1(c3ccccc3-2)C2CCC3CC(C2)CC1C3. The van der Waals surface area contributed by atoms with E-state index in [1.807, 2.05) is 0 Å².